The lowest BCUT2D eigenvalue weighted by atomic mass is 10.1. The van der Waals surface area contributed by atoms with E-state index in [-0.39, 0.29) is 6.61 Å². The molecule has 1 aromatic carbocycles. The molecule has 0 aliphatic heterocycles. The Morgan fingerprint density at radius 3 is 2.64 bits per heavy atom. The third-order valence-electron chi connectivity index (χ3n) is 2.87. The molecule has 22 heavy (non-hydrogen) atoms. The average molecular weight is 299 g/mol. The normalized spacial score (nSPS) is 11.2. The molecule has 0 N–H and O–H groups in total. The van der Waals surface area contributed by atoms with Crippen molar-refractivity contribution in [2.75, 3.05) is 6.61 Å². The Morgan fingerprint density at radius 2 is 1.91 bits per heavy atom. The molecule has 0 aliphatic rings. The Bertz CT molecular complexity index is 686. The fourth-order valence-corrected chi connectivity index (χ4v) is 1.95. The minimum absolute atomic E-state index is 0.128. The predicted molar refractivity (Wildman–Crippen MR) is 86.8 cm³/mol. The van der Waals surface area contributed by atoms with Crippen molar-refractivity contribution in [3.8, 4) is 0 Å². The van der Waals surface area contributed by atoms with Gasteiger partial charge in [0.2, 0.25) is 0 Å². The maximum absolute atomic E-state index is 11.5. The van der Waals surface area contributed by atoms with E-state index in [1.807, 2.05) is 36.4 Å². The van der Waals surface area contributed by atoms with Crippen molar-refractivity contribution in [1.82, 2.24) is 4.98 Å². The smallest absolute Gasteiger partial charge is 0.430 e. The first-order valence-corrected chi connectivity index (χ1v) is 7.20. The minimum atomic E-state index is -0.680. The Labute approximate surface area is 130 Å². The van der Waals surface area contributed by atoms with Crippen molar-refractivity contribution in [3.05, 3.63) is 54.2 Å². The zero-order valence-corrected chi connectivity index (χ0v) is 13.3. The molecule has 1 aromatic heterocycles. The number of ether oxygens (including phenoxy) is 2. The third kappa shape index (κ3) is 4.88. The summed E-state index contributed by atoms with van der Waals surface area (Å²) >= 11 is 0. The number of hydrogen-bond acceptors (Lipinski definition) is 4. The Hall–Kier alpha value is -2.36. The summed E-state index contributed by atoms with van der Waals surface area (Å²) in [5, 5.41) is 1.10. The quantitative estimate of drug-likeness (QED) is 0.624. The van der Waals surface area contributed by atoms with E-state index < -0.39 is 11.8 Å². The van der Waals surface area contributed by atoms with E-state index in [0.717, 1.165) is 22.2 Å². The second-order valence-electron chi connectivity index (χ2n) is 6.18. The molecule has 4 heteroatoms. The van der Waals surface area contributed by atoms with Gasteiger partial charge >= 0.3 is 6.16 Å². The van der Waals surface area contributed by atoms with Crippen LogP contribution >= 0.6 is 0 Å². The summed E-state index contributed by atoms with van der Waals surface area (Å²) in [5.41, 5.74) is 2.06. The molecule has 2 rings (SSSR count). The number of carbonyl (C=O) groups excluding carboxylic acids is 1. The lowest BCUT2D eigenvalue weighted by molar-refractivity contribution is -0.00356. The predicted octanol–water partition coefficient (Wildman–Crippen LogP) is 4.29. The van der Waals surface area contributed by atoms with Crippen LogP contribution in [0.5, 0.6) is 0 Å². The molecule has 4 nitrogen and oxygen atoms in total. The van der Waals surface area contributed by atoms with Gasteiger partial charge in [-0.3, -0.25) is 4.98 Å². The maximum atomic E-state index is 11.5. The van der Waals surface area contributed by atoms with Crippen molar-refractivity contribution in [2.45, 2.75) is 32.8 Å². The van der Waals surface area contributed by atoms with Crippen molar-refractivity contribution in [2.24, 2.45) is 0 Å². The Balaban J connectivity index is 1.89. The van der Waals surface area contributed by atoms with Crippen LogP contribution in [0.15, 0.2) is 48.6 Å². The highest BCUT2D eigenvalue weighted by Crippen LogP contribution is 2.14. The van der Waals surface area contributed by atoms with Crippen molar-refractivity contribution in [1.29, 1.82) is 0 Å². The number of pyridine rings is 1. The summed E-state index contributed by atoms with van der Waals surface area (Å²) in [4.78, 5) is 16.1. The summed E-state index contributed by atoms with van der Waals surface area (Å²) < 4.78 is 10.1. The van der Waals surface area contributed by atoms with Crippen LogP contribution in [0.25, 0.3) is 10.9 Å². The lowest BCUT2D eigenvalue weighted by Gasteiger charge is -2.19. The molecule has 0 atom stereocenters. The molecular formula is C18H21NO3. The number of para-hydroxylation sites is 1. The Kier molecular flexibility index (Phi) is 4.81. The van der Waals surface area contributed by atoms with Crippen LogP contribution in [0.4, 0.5) is 4.79 Å². The minimum Gasteiger partial charge on any atom is -0.430 e. The fraction of sp³-hybridized carbons (Fsp3) is 0.333. The lowest BCUT2D eigenvalue weighted by Crippen LogP contribution is -2.25. The third-order valence-corrected chi connectivity index (χ3v) is 2.87. The van der Waals surface area contributed by atoms with E-state index in [9.17, 15) is 4.79 Å². The van der Waals surface area contributed by atoms with E-state index in [4.69, 9.17) is 9.47 Å². The van der Waals surface area contributed by atoms with Crippen LogP contribution in [0.1, 0.15) is 26.5 Å². The molecule has 0 radical (unpaired) electrons. The molecule has 0 fully saturated rings. The number of hydrogen-bond donors (Lipinski definition) is 0. The van der Waals surface area contributed by atoms with Gasteiger partial charge in [-0.05, 0) is 38.5 Å². The summed E-state index contributed by atoms with van der Waals surface area (Å²) in [6.07, 6.45) is -0.117. The van der Waals surface area contributed by atoms with Crippen LogP contribution in [-0.2, 0) is 15.9 Å². The zero-order valence-electron chi connectivity index (χ0n) is 13.3. The number of benzene rings is 1. The largest absolute Gasteiger partial charge is 0.509 e. The first-order chi connectivity index (χ1) is 10.3. The van der Waals surface area contributed by atoms with Gasteiger partial charge < -0.3 is 9.47 Å². The van der Waals surface area contributed by atoms with Gasteiger partial charge in [-0.25, -0.2) is 4.79 Å². The van der Waals surface area contributed by atoms with Crippen LogP contribution in [0, 0.1) is 0 Å². The summed E-state index contributed by atoms with van der Waals surface area (Å²) in [7, 11) is 0. The van der Waals surface area contributed by atoms with Gasteiger partial charge in [-0.15, -0.1) is 0 Å². The molecule has 0 amide bonds. The van der Waals surface area contributed by atoms with Crippen molar-refractivity contribution >= 4 is 17.1 Å². The highest BCUT2D eigenvalue weighted by Gasteiger charge is 2.17. The van der Waals surface area contributed by atoms with Gasteiger partial charge in [0.1, 0.15) is 12.2 Å². The highest BCUT2D eigenvalue weighted by atomic mass is 16.7. The number of carbonyl (C=O) groups is 1. The molecule has 0 saturated carbocycles. The summed E-state index contributed by atoms with van der Waals surface area (Å²) in [6, 6.07) is 11.9. The second-order valence-corrected chi connectivity index (χ2v) is 6.18. The molecule has 116 valence electrons. The molecule has 2 aromatic rings. The number of rotatable bonds is 4. The molecule has 0 aliphatic carbocycles. The molecule has 1 heterocycles. The van der Waals surface area contributed by atoms with E-state index >= 15 is 0 Å². The second kappa shape index (κ2) is 6.60. The van der Waals surface area contributed by atoms with E-state index in [1.165, 1.54) is 0 Å². The first-order valence-electron chi connectivity index (χ1n) is 7.20. The zero-order chi connectivity index (χ0) is 16.2. The molecular weight excluding hydrogens is 278 g/mol. The van der Waals surface area contributed by atoms with Crippen LogP contribution in [0.2, 0.25) is 0 Å². The average Bonchev–Trinajstić information content (AvgIpc) is 2.43. The van der Waals surface area contributed by atoms with Gasteiger partial charge in [0, 0.05) is 17.5 Å². The number of aromatic nitrogens is 1. The fourth-order valence-electron chi connectivity index (χ4n) is 1.95. The first kappa shape index (κ1) is 16.0. The van der Waals surface area contributed by atoms with Crippen LogP contribution < -0.4 is 0 Å². The highest BCUT2D eigenvalue weighted by molar-refractivity contribution is 5.78. The standard InChI is InChI=1S/C18H21NO3/c1-13(12-21-17(20)22-18(2,3)4)11-15-10-9-14-7-5-6-8-16(14)19-15/h5-10H,1,11-12H2,2-4H3. The van der Waals surface area contributed by atoms with E-state index in [1.54, 1.807) is 20.8 Å². The van der Waals surface area contributed by atoms with Crippen LogP contribution in [0.3, 0.4) is 0 Å². The van der Waals surface area contributed by atoms with Gasteiger partial charge in [0.05, 0.1) is 5.52 Å². The van der Waals surface area contributed by atoms with Crippen molar-refractivity contribution < 1.29 is 14.3 Å². The SMILES string of the molecule is C=C(COC(=O)OC(C)(C)C)Cc1ccc2ccccc2n1. The number of nitrogens with zero attached hydrogens (tertiary/aromatic N) is 1. The monoisotopic (exact) mass is 299 g/mol. The van der Waals surface area contributed by atoms with Gasteiger partial charge in [-0.1, -0.05) is 30.8 Å². The topological polar surface area (TPSA) is 48.4 Å². The van der Waals surface area contributed by atoms with E-state index in [0.29, 0.717) is 6.42 Å². The molecule has 0 unspecified atom stereocenters. The van der Waals surface area contributed by atoms with Gasteiger partial charge in [-0.2, -0.15) is 0 Å². The molecule has 0 spiro atoms. The maximum Gasteiger partial charge on any atom is 0.509 e. The Morgan fingerprint density at radius 1 is 1.18 bits per heavy atom. The van der Waals surface area contributed by atoms with Crippen LogP contribution in [-0.4, -0.2) is 23.3 Å². The molecule has 0 bridgehead atoms. The number of fused-ring (bicyclic) bond motifs is 1. The van der Waals surface area contributed by atoms with Gasteiger partial charge in [0.15, 0.2) is 0 Å². The summed E-state index contributed by atoms with van der Waals surface area (Å²) in [6.45, 7) is 9.44. The van der Waals surface area contributed by atoms with Crippen molar-refractivity contribution in [3.63, 3.8) is 0 Å². The molecule has 0 saturated heterocycles. The van der Waals surface area contributed by atoms with E-state index in [2.05, 4.69) is 11.6 Å². The summed E-state index contributed by atoms with van der Waals surface area (Å²) in [5.74, 6) is 0. The van der Waals surface area contributed by atoms with Gasteiger partial charge in [0.25, 0.3) is 0 Å².